The summed E-state index contributed by atoms with van der Waals surface area (Å²) in [5, 5.41) is 2.96. The number of hydrogen-bond donors (Lipinski definition) is 3. The Balaban J connectivity index is 2.25. The Morgan fingerprint density at radius 3 is 2.89 bits per heavy atom. The number of nitrogen functional groups attached to an aromatic ring is 1. The monoisotopic (exact) mass is 263 g/mol. The van der Waals surface area contributed by atoms with Gasteiger partial charge in [0, 0.05) is 12.4 Å². The van der Waals surface area contributed by atoms with Crippen LogP contribution in [0.3, 0.4) is 0 Å². The standard InChI is InChI=1S/C11H10ClN5O/c12-8-2-1-4-15-10(8)16-11(18)7-3-5-14-6-9(7)17-13/h1-6,17H,13H2,(H,15,16,18). The Bertz CT molecular complexity index is 575. The number of carbonyl (C=O) groups excluding carboxylic acids is 1. The smallest absolute Gasteiger partial charge is 0.259 e. The molecule has 0 fully saturated rings. The Morgan fingerprint density at radius 2 is 2.17 bits per heavy atom. The van der Waals surface area contributed by atoms with E-state index in [0.717, 1.165) is 0 Å². The van der Waals surface area contributed by atoms with Crippen molar-refractivity contribution in [3.05, 3.63) is 47.4 Å². The number of hydrogen-bond acceptors (Lipinski definition) is 5. The topological polar surface area (TPSA) is 92.9 Å². The van der Waals surface area contributed by atoms with Crippen molar-refractivity contribution in [2.45, 2.75) is 0 Å². The number of rotatable bonds is 3. The van der Waals surface area contributed by atoms with E-state index >= 15 is 0 Å². The van der Waals surface area contributed by atoms with E-state index in [9.17, 15) is 4.79 Å². The van der Waals surface area contributed by atoms with Crippen LogP contribution in [0.4, 0.5) is 11.5 Å². The second-order valence-corrected chi connectivity index (χ2v) is 3.76. The fourth-order valence-electron chi connectivity index (χ4n) is 1.36. The summed E-state index contributed by atoms with van der Waals surface area (Å²) in [6.07, 6.45) is 4.49. The fourth-order valence-corrected chi connectivity index (χ4v) is 1.53. The normalized spacial score (nSPS) is 9.89. The van der Waals surface area contributed by atoms with E-state index < -0.39 is 0 Å². The van der Waals surface area contributed by atoms with Crippen molar-refractivity contribution in [1.29, 1.82) is 0 Å². The molecule has 1 amide bonds. The summed E-state index contributed by atoms with van der Waals surface area (Å²) in [7, 11) is 0. The van der Waals surface area contributed by atoms with Crippen molar-refractivity contribution in [1.82, 2.24) is 9.97 Å². The molecule has 0 aliphatic rings. The van der Waals surface area contributed by atoms with Gasteiger partial charge in [0.25, 0.3) is 5.91 Å². The van der Waals surface area contributed by atoms with E-state index in [1.165, 1.54) is 18.6 Å². The molecule has 0 saturated heterocycles. The quantitative estimate of drug-likeness (QED) is 0.579. The SMILES string of the molecule is NNc1cnccc1C(=O)Nc1ncccc1Cl. The molecule has 0 spiro atoms. The van der Waals surface area contributed by atoms with Crippen LogP contribution in [-0.2, 0) is 0 Å². The predicted octanol–water partition coefficient (Wildman–Crippen LogP) is 1.67. The highest BCUT2D eigenvalue weighted by Crippen LogP contribution is 2.19. The number of nitrogens with one attached hydrogen (secondary N) is 2. The molecule has 0 radical (unpaired) electrons. The second-order valence-electron chi connectivity index (χ2n) is 3.35. The summed E-state index contributed by atoms with van der Waals surface area (Å²) < 4.78 is 0. The summed E-state index contributed by atoms with van der Waals surface area (Å²) in [5.41, 5.74) is 3.17. The van der Waals surface area contributed by atoms with Gasteiger partial charge in [-0.3, -0.25) is 15.6 Å². The first-order valence-corrected chi connectivity index (χ1v) is 5.42. The van der Waals surface area contributed by atoms with Gasteiger partial charge in [-0.2, -0.15) is 0 Å². The van der Waals surface area contributed by atoms with Gasteiger partial charge in [-0.25, -0.2) is 4.98 Å². The lowest BCUT2D eigenvalue weighted by molar-refractivity contribution is 0.102. The molecule has 4 N–H and O–H groups in total. The van der Waals surface area contributed by atoms with Crippen molar-refractivity contribution >= 4 is 29.0 Å². The second kappa shape index (κ2) is 5.44. The summed E-state index contributed by atoms with van der Waals surface area (Å²) >= 11 is 5.90. The number of aromatic nitrogens is 2. The van der Waals surface area contributed by atoms with Crippen LogP contribution >= 0.6 is 11.6 Å². The zero-order valence-corrected chi connectivity index (χ0v) is 9.98. The van der Waals surface area contributed by atoms with E-state index in [0.29, 0.717) is 22.1 Å². The van der Waals surface area contributed by atoms with Gasteiger partial charge in [0.2, 0.25) is 0 Å². The Morgan fingerprint density at radius 1 is 1.33 bits per heavy atom. The van der Waals surface area contributed by atoms with Crippen LogP contribution in [0.15, 0.2) is 36.8 Å². The van der Waals surface area contributed by atoms with Crippen LogP contribution in [-0.4, -0.2) is 15.9 Å². The van der Waals surface area contributed by atoms with E-state index in [1.54, 1.807) is 18.2 Å². The van der Waals surface area contributed by atoms with Gasteiger partial charge >= 0.3 is 0 Å². The highest BCUT2D eigenvalue weighted by atomic mass is 35.5. The van der Waals surface area contributed by atoms with Crippen LogP contribution in [0.5, 0.6) is 0 Å². The van der Waals surface area contributed by atoms with Crippen molar-refractivity contribution in [2.75, 3.05) is 10.7 Å². The zero-order chi connectivity index (χ0) is 13.0. The predicted molar refractivity (Wildman–Crippen MR) is 69.2 cm³/mol. The van der Waals surface area contributed by atoms with Gasteiger partial charge in [0.15, 0.2) is 5.82 Å². The minimum absolute atomic E-state index is 0.295. The summed E-state index contributed by atoms with van der Waals surface area (Å²) in [6.45, 7) is 0. The maximum absolute atomic E-state index is 12.0. The number of amides is 1. The first-order chi connectivity index (χ1) is 8.72. The van der Waals surface area contributed by atoms with Crippen molar-refractivity contribution < 1.29 is 4.79 Å². The van der Waals surface area contributed by atoms with E-state index in [1.807, 2.05) is 0 Å². The minimum Gasteiger partial charge on any atom is -0.322 e. The maximum Gasteiger partial charge on any atom is 0.259 e. The lowest BCUT2D eigenvalue weighted by atomic mass is 10.2. The third-order valence-corrected chi connectivity index (χ3v) is 2.52. The minimum atomic E-state index is -0.369. The largest absolute Gasteiger partial charge is 0.322 e. The molecular formula is C11H10ClN5O. The van der Waals surface area contributed by atoms with Gasteiger partial charge in [0.05, 0.1) is 22.5 Å². The molecular weight excluding hydrogens is 254 g/mol. The number of pyridine rings is 2. The molecule has 7 heteroatoms. The Hall–Kier alpha value is -2.18. The molecule has 0 saturated carbocycles. The van der Waals surface area contributed by atoms with E-state index in [4.69, 9.17) is 17.4 Å². The molecule has 6 nitrogen and oxygen atoms in total. The maximum atomic E-state index is 12.0. The lowest BCUT2D eigenvalue weighted by Crippen LogP contribution is -2.18. The molecule has 18 heavy (non-hydrogen) atoms. The highest BCUT2D eigenvalue weighted by molar-refractivity contribution is 6.33. The molecule has 2 rings (SSSR count). The highest BCUT2D eigenvalue weighted by Gasteiger charge is 2.12. The zero-order valence-electron chi connectivity index (χ0n) is 9.22. The average molecular weight is 264 g/mol. The summed E-state index contributed by atoms with van der Waals surface area (Å²) in [4.78, 5) is 19.8. The molecule has 2 aromatic heterocycles. The Kier molecular flexibility index (Phi) is 3.71. The van der Waals surface area contributed by atoms with Gasteiger partial charge in [-0.15, -0.1) is 0 Å². The van der Waals surface area contributed by atoms with Crippen molar-refractivity contribution in [2.24, 2.45) is 5.84 Å². The van der Waals surface area contributed by atoms with Crippen LogP contribution in [0.1, 0.15) is 10.4 Å². The number of nitrogens with zero attached hydrogens (tertiary/aromatic N) is 2. The number of carbonyl (C=O) groups is 1. The molecule has 0 unspecified atom stereocenters. The number of nitrogens with two attached hydrogens (primary N) is 1. The van der Waals surface area contributed by atoms with Gasteiger partial charge in [-0.05, 0) is 18.2 Å². The van der Waals surface area contributed by atoms with Gasteiger partial charge < -0.3 is 10.7 Å². The van der Waals surface area contributed by atoms with Crippen LogP contribution in [0, 0.1) is 0 Å². The molecule has 2 aromatic rings. The third-order valence-electron chi connectivity index (χ3n) is 2.21. The first-order valence-electron chi connectivity index (χ1n) is 5.05. The van der Waals surface area contributed by atoms with E-state index in [2.05, 4.69) is 20.7 Å². The molecule has 0 aliphatic heterocycles. The molecule has 0 aliphatic carbocycles. The number of hydrazine groups is 1. The van der Waals surface area contributed by atoms with Crippen LogP contribution in [0.25, 0.3) is 0 Å². The molecule has 92 valence electrons. The summed E-state index contributed by atoms with van der Waals surface area (Å²) in [5.74, 6) is 5.23. The fraction of sp³-hybridized carbons (Fsp3) is 0. The van der Waals surface area contributed by atoms with Crippen LogP contribution < -0.4 is 16.6 Å². The molecule has 0 aromatic carbocycles. The van der Waals surface area contributed by atoms with Gasteiger partial charge in [-0.1, -0.05) is 11.6 Å². The third kappa shape index (κ3) is 2.55. The average Bonchev–Trinajstić information content (AvgIpc) is 2.41. The molecule has 0 atom stereocenters. The van der Waals surface area contributed by atoms with E-state index in [-0.39, 0.29) is 5.91 Å². The molecule has 2 heterocycles. The number of halogens is 1. The summed E-state index contributed by atoms with van der Waals surface area (Å²) in [6, 6.07) is 4.86. The lowest BCUT2D eigenvalue weighted by Gasteiger charge is -2.09. The number of anilines is 2. The van der Waals surface area contributed by atoms with Crippen LogP contribution in [0.2, 0.25) is 5.02 Å². The van der Waals surface area contributed by atoms with Crippen molar-refractivity contribution in [3.63, 3.8) is 0 Å². The Labute approximate surface area is 108 Å². The van der Waals surface area contributed by atoms with Gasteiger partial charge in [0.1, 0.15) is 0 Å². The molecule has 0 bridgehead atoms. The first kappa shape index (κ1) is 12.3. The van der Waals surface area contributed by atoms with Crippen molar-refractivity contribution in [3.8, 4) is 0 Å².